The highest BCUT2D eigenvalue weighted by Gasteiger charge is 2.34. The second kappa shape index (κ2) is 6.37. The summed E-state index contributed by atoms with van der Waals surface area (Å²) >= 11 is 0. The van der Waals surface area contributed by atoms with Crippen LogP contribution in [0.3, 0.4) is 0 Å². The molecule has 110 valence electrons. The van der Waals surface area contributed by atoms with Gasteiger partial charge in [0.2, 0.25) is 0 Å². The highest BCUT2D eigenvalue weighted by molar-refractivity contribution is 5.78. The lowest BCUT2D eigenvalue weighted by Crippen LogP contribution is -2.47. The number of aryl methyl sites for hydroxylation is 1. The van der Waals surface area contributed by atoms with Crippen molar-refractivity contribution in [2.24, 2.45) is 5.92 Å². The van der Waals surface area contributed by atoms with Crippen molar-refractivity contribution >= 4 is 5.97 Å². The van der Waals surface area contributed by atoms with Crippen LogP contribution < -0.4 is 0 Å². The standard InChI is InChI=1S/C16H23NO3/c1-11-6-4-5-7-13(11)15(16(19)20-3)17-9-8-12(2)14(18)10-17/h4-7,12,14-15,18H,8-10H2,1-3H3/t12-,14-,15-/m0/s1. The third-order valence-corrected chi connectivity index (χ3v) is 4.22. The lowest BCUT2D eigenvalue weighted by atomic mass is 9.92. The second-order valence-electron chi connectivity index (χ2n) is 5.61. The molecular formula is C16H23NO3. The summed E-state index contributed by atoms with van der Waals surface area (Å²) in [4.78, 5) is 14.2. The minimum Gasteiger partial charge on any atom is -0.468 e. The molecule has 0 unspecified atom stereocenters. The van der Waals surface area contributed by atoms with Gasteiger partial charge in [0, 0.05) is 6.54 Å². The highest BCUT2D eigenvalue weighted by atomic mass is 16.5. The first-order valence-corrected chi connectivity index (χ1v) is 7.10. The minimum atomic E-state index is -0.427. The van der Waals surface area contributed by atoms with E-state index in [2.05, 4.69) is 0 Å². The Labute approximate surface area is 120 Å². The number of aliphatic hydroxyl groups excluding tert-OH is 1. The maximum absolute atomic E-state index is 12.2. The van der Waals surface area contributed by atoms with Gasteiger partial charge < -0.3 is 9.84 Å². The first-order chi connectivity index (χ1) is 9.54. The SMILES string of the molecule is COC(=O)[C@H](c1ccccc1C)N1CC[C@H](C)[C@@H](O)C1. The van der Waals surface area contributed by atoms with Crippen LogP contribution in [0.1, 0.15) is 30.5 Å². The van der Waals surface area contributed by atoms with Gasteiger partial charge in [0.1, 0.15) is 6.04 Å². The van der Waals surface area contributed by atoms with E-state index in [0.717, 1.165) is 24.1 Å². The van der Waals surface area contributed by atoms with E-state index in [1.165, 1.54) is 7.11 Å². The molecular weight excluding hydrogens is 254 g/mol. The van der Waals surface area contributed by atoms with Crippen LogP contribution in [-0.2, 0) is 9.53 Å². The number of likely N-dealkylation sites (tertiary alicyclic amines) is 1. The largest absolute Gasteiger partial charge is 0.468 e. The molecule has 0 saturated carbocycles. The molecule has 1 aromatic carbocycles. The summed E-state index contributed by atoms with van der Waals surface area (Å²) < 4.78 is 4.97. The number of aliphatic hydroxyl groups is 1. The summed E-state index contributed by atoms with van der Waals surface area (Å²) in [7, 11) is 1.41. The fourth-order valence-corrected chi connectivity index (χ4v) is 2.79. The van der Waals surface area contributed by atoms with Crippen molar-refractivity contribution in [2.45, 2.75) is 32.4 Å². The van der Waals surface area contributed by atoms with Crippen LogP contribution >= 0.6 is 0 Å². The number of carbonyl (C=O) groups excluding carboxylic acids is 1. The van der Waals surface area contributed by atoms with E-state index in [9.17, 15) is 9.90 Å². The predicted octanol–water partition coefficient (Wildman–Crippen LogP) is 1.91. The Bertz CT molecular complexity index is 475. The molecule has 3 atom stereocenters. The van der Waals surface area contributed by atoms with Crippen molar-refractivity contribution in [3.05, 3.63) is 35.4 Å². The quantitative estimate of drug-likeness (QED) is 0.858. The number of hydrogen-bond acceptors (Lipinski definition) is 4. The summed E-state index contributed by atoms with van der Waals surface area (Å²) in [6.07, 6.45) is 0.500. The third kappa shape index (κ3) is 3.02. The lowest BCUT2D eigenvalue weighted by Gasteiger charge is -2.38. The van der Waals surface area contributed by atoms with Gasteiger partial charge in [-0.05, 0) is 36.9 Å². The maximum atomic E-state index is 12.2. The van der Waals surface area contributed by atoms with Crippen LogP contribution in [0.15, 0.2) is 24.3 Å². The van der Waals surface area contributed by atoms with E-state index < -0.39 is 6.04 Å². The number of carbonyl (C=O) groups is 1. The van der Waals surface area contributed by atoms with Gasteiger partial charge in [0.15, 0.2) is 0 Å². The predicted molar refractivity (Wildman–Crippen MR) is 77.3 cm³/mol. The van der Waals surface area contributed by atoms with Gasteiger partial charge in [-0.1, -0.05) is 31.2 Å². The number of rotatable bonds is 3. The maximum Gasteiger partial charge on any atom is 0.327 e. The fraction of sp³-hybridized carbons (Fsp3) is 0.562. The second-order valence-corrected chi connectivity index (χ2v) is 5.61. The van der Waals surface area contributed by atoms with Crippen LogP contribution in [-0.4, -0.2) is 42.3 Å². The van der Waals surface area contributed by atoms with E-state index in [4.69, 9.17) is 4.74 Å². The molecule has 1 fully saturated rings. The van der Waals surface area contributed by atoms with Crippen LogP contribution in [0, 0.1) is 12.8 Å². The summed E-state index contributed by atoms with van der Waals surface area (Å²) in [5.74, 6) is 0.0162. The average Bonchev–Trinajstić information content (AvgIpc) is 2.44. The summed E-state index contributed by atoms with van der Waals surface area (Å²) in [6.45, 7) is 5.35. The van der Waals surface area contributed by atoms with Crippen molar-refractivity contribution in [1.82, 2.24) is 4.90 Å². The van der Waals surface area contributed by atoms with Gasteiger partial charge in [0.25, 0.3) is 0 Å². The number of methoxy groups -OCH3 is 1. The molecule has 1 aliphatic heterocycles. The summed E-state index contributed by atoms with van der Waals surface area (Å²) in [6, 6.07) is 7.42. The number of nitrogens with zero attached hydrogens (tertiary/aromatic N) is 1. The molecule has 1 aliphatic rings. The van der Waals surface area contributed by atoms with E-state index in [1.54, 1.807) is 0 Å². The smallest absolute Gasteiger partial charge is 0.327 e. The van der Waals surface area contributed by atoms with E-state index >= 15 is 0 Å². The minimum absolute atomic E-state index is 0.263. The highest BCUT2D eigenvalue weighted by Crippen LogP contribution is 2.29. The van der Waals surface area contributed by atoms with Gasteiger partial charge in [0.05, 0.1) is 13.2 Å². The summed E-state index contributed by atoms with van der Waals surface area (Å²) in [5.41, 5.74) is 2.03. The van der Waals surface area contributed by atoms with Gasteiger partial charge in [-0.2, -0.15) is 0 Å². The third-order valence-electron chi connectivity index (χ3n) is 4.22. The van der Waals surface area contributed by atoms with E-state index in [1.807, 2.05) is 43.0 Å². The lowest BCUT2D eigenvalue weighted by molar-refractivity contribution is -0.149. The Morgan fingerprint density at radius 3 is 2.75 bits per heavy atom. The first-order valence-electron chi connectivity index (χ1n) is 7.10. The fourth-order valence-electron chi connectivity index (χ4n) is 2.79. The van der Waals surface area contributed by atoms with Crippen LogP contribution in [0.5, 0.6) is 0 Å². The van der Waals surface area contributed by atoms with Crippen molar-refractivity contribution < 1.29 is 14.6 Å². The zero-order chi connectivity index (χ0) is 14.7. The van der Waals surface area contributed by atoms with Crippen molar-refractivity contribution in [1.29, 1.82) is 0 Å². The molecule has 1 saturated heterocycles. The molecule has 1 aromatic rings. The van der Waals surface area contributed by atoms with Gasteiger partial charge in [-0.3, -0.25) is 4.90 Å². The Kier molecular flexibility index (Phi) is 4.78. The topological polar surface area (TPSA) is 49.8 Å². The Balaban J connectivity index is 2.29. The Morgan fingerprint density at radius 1 is 1.45 bits per heavy atom. The monoisotopic (exact) mass is 277 g/mol. The van der Waals surface area contributed by atoms with Gasteiger partial charge in [-0.15, -0.1) is 0 Å². The van der Waals surface area contributed by atoms with E-state index in [0.29, 0.717) is 6.54 Å². The molecule has 0 spiro atoms. The number of ether oxygens (including phenoxy) is 1. The number of esters is 1. The van der Waals surface area contributed by atoms with Gasteiger partial charge in [-0.25, -0.2) is 4.79 Å². The molecule has 2 rings (SSSR count). The Morgan fingerprint density at radius 2 is 2.15 bits per heavy atom. The van der Waals surface area contributed by atoms with Crippen molar-refractivity contribution in [2.75, 3.05) is 20.2 Å². The molecule has 0 radical (unpaired) electrons. The molecule has 0 amide bonds. The first kappa shape index (κ1) is 15.0. The van der Waals surface area contributed by atoms with Crippen LogP contribution in [0.4, 0.5) is 0 Å². The molecule has 4 nitrogen and oxygen atoms in total. The number of hydrogen-bond donors (Lipinski definition) is 1. The summed E-state index contributed by atoms with van der Waals surface area (Å²) in [5, 5.41) is 10.1. The zero-order valence-corrected chi connectivity index (χ0v) is 12.4. The molecule has 0 aromatic heterocycles. The normalized spacial score (nSPS) is 25.2. The van der Waals surface area contributed by atoms with Crippen molar-refractivity contribution in [3.63, 3.8) is 0 Å². The number of benzene rings is 1. The Hall–Kier alpha value is -1.39. The number of piperidine rings is 1. The van der Waals surface area contributed by atoms with E-state index in [-0.39, 0.29) is 18.0 Å². The van der Waals surface area contributed by atoms with Crippen molar-refractivity contribution in [3.8, 4) is 0 Å². The van der Waals surface area contributed by atoms with Crippen LogP contribution in [0.25, 0.3) is 0 Å². The van der Waals surface area contributed by atoms with Gasteiger partial charge >= 0.3 is 5.97 Å². The molecule has 1 heterocycles. The molecule has 1 N–H and O–H groups in total. The van der Waals surface area contributed by atoms with Crippen LogP contribution in [0.2, 0.25) is 0 Å². The average molecular weight is 277 g/mol. The molecule has 0 aliphatic carbocycles. The zero-order valence-electron chi connectivity index (χ0n) is 12.4. The number of β-amino-alcohol motifs (C(OH)–C–C–N with tert-alkyl or cyclic N) is 1. The molecule has 0 bridgehead atoms. The molecule has 20 heavy (non-hydrogen) atoms. The molecule has 4 heteroatoms.